The summed E-state index contributed by atoms with van der Waals surface area (Å²) < 4.78 is 75.9. The van der Waals surface area contributed by atoms with Crippen molar-refractivity contribution in [1.82, 2.24) is 58.6 Å². The maximum atomic E-state index is 12.5. The zero-order valence-corrected chi connectivity index (χ0v) is 41.0. The van der Waals surface area contributed by atoms with Crippen LogP contribution < -0.4 is 17.2 Å². The zero-order valence-electron chi connectivity index (χ0n) is 36.7. The van der Waals surface area contributed by atoms with Gasteiger partial charge in [0.05, 0.1) is 44.5 Å². The second kappa shape index (κ2) is 20.1. The highest BCUT2D eigenvalue weighted by Gasteiger charge is 2.53. The Kier molecular flexibility index (Phi) is 14.6. The predicted octanol–water partition coefficient (Wildman–Crippen LogP) is -0.844. The first-order valence-corrected chi connectivity index (χ1v) is 27.6. The predicted molar refractivity (Wildman–Crippen MR) is 246 cm³/mol. The number of aliphatic hydroxyl groups excluding tert-OH is 2. The summed E-state index contributed by atoms with van der Waals surface area (Å²) in [4.78, 5) is 71.0. The number of anilines is 3. The summed E-state index contributed by atoms with van der Waals surface area (Å²) >= 11 is 11.0. The summed E-state index contributed by atoms with van der Waals surface area (Å²) in [6.45, 7) is -9.87. The number of hydrogen-bond acceptors (Lipinski definition) is 27. The van der Waals surface area contributed by atoms with Gasteiger partial charge in [-0.3, -0.25) is 27.3 Å². The van der Waals surface area contributed by atoms with Crippen molar-refractivity contribution in [2.75, 3.05) is 57.9 Å². The Labute approximate surface area is 404 Å². The molecule has 3 fully saturated rings. The molecule has 9 rings (SSSR count). The normalized spacial score (nSPS) is 30.9. The molecule has 0 spiro atoms. The monoisotopic (exact) mass is 1080 g/mol. The van der Waals surface area contributed by atoms with E-state index in [1.54, 1.807) is 0 Å². The molecule has 3 saturated heterocycles. The van der Waals surface area contributed by atoms with Gasteiger partial charge in [0.15, 0.2) is 53.1 Å². The van der Waals surface area contributed by atoms with E-state index in [-0.39, 0.29) is 63.5 Å². The molecule has 70 heavy (non-hydrogen) atoms. The first kappa shape index (κ1) is 50.9. The molecular weight excluding hydrogens is 1030 g/mol. The average Bonchev–Trinajstić information content (AvgIpc) is 4.19. The van der Waals surface area contributed by atoms with E-state index in [4.69, 9.17) is 87.1 Å². The van der Waals surface area contributed by atoms with Crippen molar-refractivity contribution in [2.24, 2.45) is 0 Å². The van der Waals surface area contributed by atoms with Gasteiger partial charge in [0.25, 0.3) is 0 Å². The van der Waals surface area contributed by atoms with Gasteiger partial charge in [-0.25, -0.2) is 44.9 Å². The smallest absolute Gasteiger partial charge is 0.327 e. The highest BCUT2D eigenvalue weighted by Crippen LogP contribution is 2.54. The molecular formula is C34H46N15O16P3S2. The van der Waals surface area contributed by atoms with Crippen molar-refractivity contribution in [3.8, 4) is 0 Å². The molecule has 9 heterocycles. The van der Waals surface area contributed by atoms with Crippen molar-refractivity contribution in [2.45, 2.75) is 80.0 Å². The second-order valence-corrected chi connectivity index (χ2v) is 23.5. The molecule has 380 valence electrons. The van der Waals surface area contributed by atoms with Crippen LogP contribution >= 0.6 is 21.0 Å². The maximum Gasteiger partial charge on any atom is 0.327 e. The van der Waals surface area contributed by atoms with Crippen molar-refractivity contribution in [3.05, 3.63) is 38.0 Å². The number of rotatable bonds is 19. The van der Waals surface area contributed by atoms with Crippen LogP contribution in [-0.2, 0) is 74.5 Å². The van der Waals surface area contributed by atoms with Crippen molar-refractivity contribution in [1.29, 1.82) is 0 Å². The van der Waals surface area contributed by atoms with E-state index in [0.717, 1.165) is 7.11 Å². The van der Waals surface area contributed by atoms with Gasteiger partial charge in [0, 0.05) is 21.3 Å². The van der Waals surface area contributed by atoms with Crippen LogP contribution in [-0.4, -0.2) is 179 Å². The third-order valence-corrected chi connectivity index (χ3v) is 16.2. The average molecular weight is 1080 g/mol. The molecule has 3 unspecified atom stereocenters. The van der Waals surface area contributed by atoms with E-state index in [1.807, 2.05) is 0 Å². The number of aliphatic hydroxyl groups is 2. The van der Waals surface area contributed by atoms with Gasteiger partial charge in [0.1, 0.15) is 84.4 Å². The van der Waals surface area contributed by atoms with Crippen molar-refractivity contribution >= 4 is 95.6 Å². The van der Waals surface area contributed by atoms with Crippen LogP contribution in [0.25, 0.3) is 33.5 Å². The number of nitrogen functional groups attached to an aromatic ring is 3. The standard InChI is InChI=1S/C34H46N15O16P3S2/c1-56-22-14(4-5-66(52,53)58-3)61-33(48-12-45-18-27(36)39-9-42-30(18)48)24(22)64-68(55,70)60-7-16-23(57-2)25(34(63-16)49-13-46-19-28(37)40-10-43-31(19)49)65-67(54,69)59-6-15-20(50)21(51)32(62-15)47-11-44-17-26(35)38-8-41-29(17)47/h8-16,20-25,32-34,50-51H,4-7H2,1-3H3,(H,52,53)(H,54,69)(H,55,70)(H2,35,38,41)(H2,36,39,42)(H2,37,40,43)/t14-,15-,16-,20-,21-,22-,23-,24-,25-,32-,33-,34-,67?,68?/m1/s1. The van der Waals surface area contributed by atoms with Crippen LogP contribution in [0.15, 0.2) is 38.0 Å². The van der Waals surface area contributed by atoms with Gasteiger partial charge < -0.3 is 79.3 Å². The molecule has 0 amide bonds. The minimum Gasteiger partial charge on any atom is -0.387 e. The van der Waals surface area contributed by atoms with E-state index < -0.39 is 108 Å². The summed E-state index contributed by atoms with van der Waals surface area (Å²) in [6, 6.07) is 0. The largest absolute Gasteiger partial charge is 0.387 e. The highest BCUT2D eigenvalue weighted by atomic mass is 32.5. The molecule has 0 saturated carbocycles. The SMILES string of the molecule is CO[C@H]1[C@@H](OP(O)(=S)OC[C@H]2O[C@@H](n3cnc4c(N)ncnc43)[C@H](OP(O)(=S)OC[C@H]3O[C@@H](n4cnc5c(N)ncnc54)[C@H](O)[C@@H]3O)[C@@H]2OC)[C@H](n2cnc3c(N)ncnc32)O[C@@H]1CCP(=O)(O)OC. The number of nitrogens with two attached hydrogens (primary N) is 3. The Bertz CT molecular complexity index is 3010. The van der Waals surface area contributed by atoms with Crippen LogP contribution in [0.2, 0.25) is 0 Å². The second-order valence-electron chi connectivity index (χ2n) is 15.8. The highest BCUT2D eigenvalue weighted by molar-refractivity contribution is 8.07. The molecule has 0 aromatic carbocycles. The fraction of sp³-hybridized carbons (Fsp3) is 0.559. The fourth-order valence-electron chi connectivity index (χ4n) is 8.38. The number of hydrogen-bond donors (Lipinski definition) is 8. The topological polar surface area (TPSA) is 419 Å². The molecule has 11 N–H and O–H groups in total. The van der Waals surface area contributed by atoms with Crippen LogP contribution in [0.3, 0.4) is 0 Å². The van der Waals surface area contributed by atoms with Gasteiger partial charge >= 0.3 is 21.0 Å². The van der Waals surface area contributed by atoms with E-state index >= 15 is 0 Å². The molecule has 36 heteroatoms. The molecule has 6 aromatic rings. The minimum absolute atomic E-state index is 0.0424. The number of nitrogens with zero attached hydrogens (tertiary/aromatic N) is 12. The number of aromatic nitrogens is 12. The molecule has 6 aromatic heterocycles. The van der Waals surface area contributed by atoms with E-state index in [1.165, 1.54) is 65.9 Å². The maximum absolute atomic E-state index is 12.5. The molecule has 15 atom stereocenters. The Morgan fingerprint density at radius 2 is 0.986 bits per heavy atom. The summed E-state index contributed by atoms with van der Waals surface area (Å²) in [6.07, 6.45) is -7.69. The van der Waals surface area contributed by atoms with Gasteiger partial charge in [-0.2, -0.15) is 0 Å². The summed E-state index contributed by atoms with van der Waals surface area (Å²) in [5.41, 5.74) is 19.4. The Morgan fingerprint density at radius 1 is 0.586 bits per heavy atom. The summed E-state index contributed by atoms with van der Waals surface area (Å²) in [5.74, 6) is 0.201. The molecule has 3 aliphatic rings. The van der Waals surface area contributed by atoms with E-state index in [0.29, 0.717) is 0 Å². The molecule has 0 aliphatic carbocycles. The van der Waals surface area contributed by atoms with Crippen LogP contribution in [0.1, 0.15) is 25.1 Å². The fourth-order valence-corrected chi connectivity index (χ4v) is 12.0. The Balaban J connectivity index is 0.940. The minimum atomic E-state index is -4.38. The number of imidazole rings is 3. The van der Waals surface area contributed by atoms with Crippen molar-refractivity contribution < 1.29 is 75.8 Å². The molecule has 0 bridgehead atoms. The molecule has 3 aliphatic heterocycles. The van der Waals surface area contributed by atoms with E-state index in [2.05, 4.69) is 44.9 Å². The van der Waals surface area contributed by atoms with Gasteiger partial charge in [0.2, 0.25) is 0 Å². The zero-order chi connectivity index (χ0) is 49.9. The Hall–Kier alpha value is -4.02. The van der Waals surface area contributed by atoms with Gasteiger partial charge in [-0.05, 0) is 30.0 Å². The molecule has 31 nitrogen and oxygen atoms in total. The van der Waals surface area contributed by atoms with Crippen LogP contribution in [0.4, 0.5) is 17.5 Å². The third kappa shape index (κ3) is 9.92. The van der Waals surface area contributed by atoms with Crippen LogP contribution in [0, 0.1) is 0 Å². The van der Waals surface area contributed by atoms with Crippen molar-refractivity contribution in [3.63, 3.8) is 0 Å². The lowest BCUT2D eigenvalue weighted by atomic mass is 10.1. The van der Waals surface area contributed by atoms with Crippen LogP contribution in [0.5, 0.6) is 0 Å². The van der Waals surface area contributed by atoms with E-state index in [9.17, 15) is 29.5 Å². The summed E-state index contributed by atoms with van der Waals surface area (Å²) in [5, 5.41) is 22.0. The quantitative estimate of drug-likeness (QED) is 0.0458. The first-order valence-electron chi connectivity index (χ1n) is 20.7. The van der Waals surface area contributed by atoms with Gasteiger partial charge in [-0.15, -0.1) is 0 Å². The lowest BCUT2D eigenvalue weighted by molar-refractivity contribution is -0.0591. The summed E-state index contributed by atoms with van der Waals surface area (Å²) in [7, 11) is -0.245. The third-order valence-electron chi connectivity index (χ3n) is 11.7. The lowest BCUT2D eigenvalue weighted by Gasteiger charge is -2.29. The number of ether oxygens (including phenoxy) is 5. The Morgan fingerprint density at radius 3 is 1.43 bits per heavy atom. The number of methoxy groups -OCH3 is 2. The first-order chi connectivity index (χ1) is 33.3. The molecule has 0 radical (unpaired) electrons. The lowest BCUT2D eigenvalue weighted by Crippen LogP contribution is -2.38. The number of fused-ring (bicyclic) bond motifs is 3. The van der Waals surface area contributed by atoms with Gasteiger partial charge in [-0.1, -0.05) is 0 Å².